The molecule has 2 aliphatic rings. The summed E-state index contributed by atoms with van der Waals surface area (Å²) in [6.07, 6.45) is -0.247. The Morgan fingerprint density at radius 3 is 2.25 bits per heavy atom. The van der Waals surface area contributed by atoms with Crippen LogP contribution >= 0.6 is 11.8 Å². The molecule has 0 bridgehead atoms. The molecule has 0 aromatic rings. The van der Waals surface area contributed by atoms with Gasteiger partial charge in [-0.05, 0) is 20.9 Å². The summed E-state index contributed by atoms with van der Waals surface area (Å²) in [6, 6.07) is 0. The Balaban J connectivity index is 1.70. The van der Waals surface area contributed by atoms with Crippen LogP contribution in [0, 0.1) is 0 Å². The van der Waals surface area contributed by atoms with Gasteiger partial charge in [-0.2, -0.15) is 0 Å². The Labute approximate surface area is 215 Å². The molecule has 13 heteroatoms. The Morgan fingerprint density at radius 1 is 1.00 bits per heavy atom. The van der Waals surface area contributed by atoms with E-state index in [1.165, 1.54) is 11.8 Å². The third kappa shape index (κ3) is 9.77. The van der Waals surface area contributed by atoms with Gasteiger partial charge in [0, 0.05) is 50.8 Å². The van der Waals surface area contributed by atoms with Crippen LogP contribution in [-0.4, -0.2) is 121 Å². The summed E-state index contributed by atoms with van der Waals surface area (Å²) in [5, 5.41) is -0.0886. The molecule has 2 heterocycles. The average molecular weight is 532 g/mol. The van der Waals surface area contributed by atoms with Crippen molar-refractivity contribution in [2.45, 2.75) is 49.5 Å². The highest BCUT2D eigenvalue weighted by Gasteiger charge is 2.42. The van der Waals surface area contributed by atoms with Gasteiger partial charge in [-0.25, -0.2) is 4.79 Å². The summed E-state index contributed by atoms with van der Waals surface area (Å²) in [5.74, 6) is -2.71. The number of hydrogen-bond acceptors (Lipinski definition) is 11. The minimum Gasteiger partial charge on any atom is -0.382 e. The summed E-state index contributed by atoms with van der Waals surface area (Å²) >= 11 is 1.43. The standard InChI is InChI=1S/C23H37N3O9S/c1-23(2,16-24(3)9-10-33-13-14-34-12-11-32-4)36-17-15-20(29)25(22(17)31)8-7-21(30)35-26-18(27)5-6-19(26)28/h17H,5-16H2,1-4H3. The molecule has 0 aromatic carbocycles. The molecular formula is C23H37N3O9S. The molecule has 2 aliphatic heterocycles. The third-order valence-corrected chi connectivity index (χ3v) is 6.89. The number of hydrogen-bond donors (Lipinski definition) is 0. The molecule has 12 nitrogen and oxygen atoms in total. The van der Waals surface area contributed by atoms with Crippen molar-refractivity contribution < 1.29 is 43.0 Å². The maximum atomic E-state index is 12.8. The number of imide groups is 2. The van der Waals surface area contributed by atoms with Crippen LogP contribution in [0.3, 0.4) is 0 Å². The zero-order valence-corrected chi connectivity index (χ0v) is 22.3. The number of methoxy groups -OCH3 is 1. The van der Waals surface area contributed by atoms with Gasteiger partial charge in [-0.15, -0.1) is 16.8 Å². The number of thioether (sulfide) groups is 1. The topological polar surface area (TPSA) is 132 Å². The fourth-order valence-electron chi connectivity index (χ4n) is 3.82. The lowest BCUT2D eigenvalue weighted by Crippen LogP contribution is -2.39. The number of carbonyl (C=O) groups is 5. The van der Waals surface area contributed by atoms with Crippen LogP contribution in [0.25, 0.3) is 0 Å². The second kappa shape index (κ2) is 14.6. The van der Waals surface area contributed by atoms with Crippen LogP contribution in [0.1, 0.15) is 39.5 Å². The van der Waals surface area contributed by atoms with Crippen molar-refractivity contribution in [1.82, 2.24) is 14.9 Å². The van der Waals surface area contributed by atoms with E-state index in [0.29, 0.717) is 51.2 Å². The van der Waals surface area contributed by atoms with Gasteiger partial charge in [0.2, 0.25) is 11.8 Å². The van der Waals surface area contributed by atoms with Crippen LogP contribution in [-0.2, 0) is 43.0 Å². The molecule has 204 valence electrons. The second-order valence-corrected chi connectivity index (χ2v) is 11.1. The quantitative estimate of drug-likeness (QED) is 0.189. The highest BCUT2D eigenvalue weighted by molar-refractivity contribution is 8.02. The van der Waals surface area contributed by atoms with Gasteiger partial charge in [0.1, 0.15) is 0 Å². The second-order valence-electron chi connectivity index (χ2n) is 9.20. The van der Waals surface area contributed by atoms with E-state index >= 15 is 0 Å². The van der Waals surface area contributed by atoms with Crippen molar-refractivity contribution in [1.29, 1.82) is 0 Å². The fourth-order valence-corrected chi connectivity index (χ4v) is 5.34. The van der Waals surface area contributed by atoms with E-state index in [0.717, 1.165) is 4.90 Å². The van der Waals surface area contributed by atoms with Gasteiger partial charge in [-0.3, -0.25) is 24.1 Å². The first-order chi connectivity index (χ1) is 17.0. The predicted octanol–water partition coefficient (Wildman–Crippen LogP) is 0.234. The van der Waals surface area contributed by atoms with Crippen LogP contribution in [0.15, 0.2) is 0 Å². The summed E-state index contributed by atoms with van der Waals surface area (Å²) < 4.78 is 15.5. The number of hydroxylamine groups is 2. The Kier molecular flexibility index (Phi) is 12.3. The normalized spacial score (nSPS) is 18.8. The molecule has 2 fully saturated rings. The zero-order chi connectivity index (χ0) is 26.7. The first-order valence-electron chi connectivity index (χ1n) is 12.0. The largest absolute Gasteiger partial charge is 0.382 e. The molecule has 2 rings (SSSR count). The van der Waals surface area contributed by atoms with Gasteiger partial charge in [0.05, 0.1) is 44.7 Å². The molecule has 0 radical (unpaired) electrons. The molecular weight excluding hydrogens is 494 g/mol. The highest BCUT2D eigenvalue weighted by Crippen LogP contribution is 2.35. The van der Waals surface area contributed by atoms with E-state index in [-0.39, 0.29) is 48.8 Å². The van der Waals surface area contributed by atoms with Crippen molar-refractivity contribution in [2.75, 3.05) is 66.8 Å². The van der Waals surface area contributed by atoms with E-state index in [1.54, 1.807) is 7.11 Å². The van der Waals surface area contributed by atoms with Crippen molar-refractivity contribution in [3.05, 3.63) is 0 Å². The molecule has 4 amide bonds. The summed E-state index contributed by atoms with van der Waals surface area (Å²) in [5.41, 5.74) is 0. The number of ether oxygens (including phenoxy) is 3. The maximum Gasteiger partial charge on any atom is 0.335 e. The molecule has 36 heavy (non-hydrogen) atoms. The van der Waals surface area contributed by atoms with Gasteiger partial charge in [0.25, 0.3) is 11.8 Å². The minimum atomic E-state index is -0.846. The molecule has 0 spiro atoms. The molecule has 2 saturated heterocycles. The number of carbonyl (C=O) groups excluding carboxylic acids is 5. The first-order valence-corrected chi connectivity index (χ1v) is 12.8. The van der Waals surface area contributed by atoms with E-state index in [4.69, 9.17) is 19.0 Å². The Hall–Kier alpha value is -2.06. The number of likely N-dealkylation sites (N-methyl/N-ethyl adjacent to an activating group) is 1. The molecule has 1 unspecified atom stereocenters. The monoisotopic (exact) mass is 531 g/mol. The van der Waals surface area contributed by atoms with Gasteiger partial charge >= 0.3 is 5.97 Å². The molecule has 0 saturated carbocycles. The van der Waals surface area contributed by atoms with Crippen molar-refractivity contribution in [3.63, 3.8) is 0 Å². The van der Waals surface area contributed by atoms with Gasteiger partial charge < -0.3 is 23.9 Å². The lowest BCUT2D eigenvalue weighted by molar-refractivity contribution is -0.197. The number of amides is 4. The van der Waals surface area contributed by atoms with Crippen molar-refractivity contribution in [2.24, 2.45) is 0 Å². The first kappa shape index (κ1) is 30.2. The average Bonchev–Trinajstić information content (AvgIpc) is 3.25. The maximum absolute atomic E-state index is 12.8. The Bertz CT molecular complexity index is 792. The van der Waals surface area contributed by atoms with Crippen molar-refractivity contribution >= 4 is 41.4 Å². The molecule has 1 atom stereocenters. The van der Waals surface area contributed by atoms with E-state index in [1.807, 2.05) is 20.9 Å². The fraction of sp³-hybridized carbons (Fsp3) is 0.783. The van der Waals surface area contributed by atoms with E-state index in [9.17, 15) is 24.0 Å². The zero-order valence-electron chi connectivity index (χ0n) is 21.5. The summed E-state index contributed by atoms with van der Waals surface area (Å²) in [6.45, 7) is 7.90. The van der Waals surface area contributed by atoms with Crippen LogP contribution in [0.4, 0.5) is 0 Å². The van der Waals surface area contributed by atoms with E-state index < -0.39 is 23.0 Å². The van der Waals surface area contributed by atoms with Gasteiger partial charge in [0.15, 0.2) is 0 Å². The number of rotatable bonds is 17. The lowest BCUT2D eigenvalue weighted by atomic mass is 10.2. The van der Waals surface area contributed by atoms with Gasteiger partial charge in [-0.1, -0.05) is 0 Å². The smallest absolute Gasteiger partial charge is 0.335 e. The minimum absolute atomic E-state index is 0.00359. The lowest BCUT2D eigenvalue weighted by Gasteiger charge is -2.31. The molecule has 0 aliphatic carbocycles. The highest BCUT2D eigenvalue weighted by atomic mass is 32.2. The molecule has 0 aromatic heterocycles. The summed E-state index contributed by atoms with van der Waals surface area (Å²) in [4.78, 5) is 68.4. The van der Waals surface area contributed by atoms with E-state index in [2.05, 4.69) is 4.90 Å². The summed E-state index contributed by atoms with van der Waals surface area (Å²) in [7, 11) is 3.59. The number of likely N-dealkylation sites (tertiary alicyclic amines) is 1. The SMILES string of the molecule is COCCOCCOCCN(C)CC(C)(C)SC1CC(=O)N(CCC(=O)ON2C(=O)CCC2=O)C1=O. The number of nitrogens with zero attached hydrogens (tertiary/aromatic N) is 3. The van der Waals surface area contributed by atoms with Crippen molar-refractivity contribution in [3.8, 4) is 0 Å². The third-order valence-electron chi connectivity index (χ3n) is 5.47. The van der Waals surface area contributed by atoms with Crippen LogP contribution in [0.2, 0.25) is 0 Å². The predicted molar refractivity (Wildman–Crippen MR) is 130 cm³/mol. The van der Waals surface area contributed by atoms with Crippen LogP contribution < -0.4 is 0 Å². The van der Waals surface area contributed by atoms with Crippen LogP contribution in [0.5, 0.6) is 0 Å². The Morgan fingerprint density at radius 2 is 1.61 bits per heavy atom. The molecule has 0 N–H and O–H groups in total.